The van der Waals surface area contributed by atoms with E-state index in [0.29, 0.717) is 11.3 Å². The lowest BCUT2D eigenvalue weighted by atomic mass is 9.92. The topological polar surface area (TPSA) is 108 Å². The second-order valence-electron chi connectivity index (χ2n) is 5.96. The van der Waals surface area contributed by atoms with Crippen molar-refractivity contribution in [1.29, 1.82) is 0 Å². The van der Waals surface area contributed by atoms with E-state index in [1.807, 2.05) is 0 Å². The highest BCUT2D eigenvalue weighted by Crippen LogP contribution is 2.36. The number of ether oxygens (including phenoxy) is 3. The van der Waals surface area contributed by atoms with Gasteiger partial charge in [-0.15, -0.1) is 0 Å². The molecule has 1 aromatic carbocycles. The van der Waals surface area contributed by atoms with Crippen molar-refractivity contribution in [3.8, 4) is 11.5 Å². The molecule has 1 rings (SSSR count). The van der Waals surface area contributed by atoms with Gasteiger partial charge in [-0.05, 0) is 26.8 Å². The average Bonchev–Trinajstić information content (AvgIpc) is 2.43. The van der Waals surface area contributed by atoms with Crippen molar-refractivity contribution in [2.24, 2.45) is 11.7 Å². The Balaban J connectivity index is 3.24. The van der Waals surface area contributed by atoms with E-state index >= 15 is 0 Å². The summed E-state index contributed by atoms with van der Waals surface area (Å²) in [5, 5.41) is 9.41. The predicted molar refractivity (Wildman–Crippen MR) is 83.4 cm³/mol. The minimum Gasteiger partial charge on any atom is -0.493 e. The summed E-state index contributed by atoms with van der Waals surface area (Å²) in [6.07, 6.45) is 0. The summed E-state index contributed by atoms with van der Waals surface area (Å²) in [5.74, 6) is -3.14. The summed E-state index contributed by atoms with van der Waals surface area (Å²) < 4.78 is 15.6. The van der Waals surface area contributed by atoms with Crippen molar-refractivity contribution in [3.63, 3.8) is 0 Å². The highest BCUT2D eigenvalue weighted by Gasteiger charge is 2.38. The van der Waals surface area contributed by atoms with Crippen LogP contribution >= 0.6 is 0 Å². The second-order valence-corrected chi connectivity index (χ2v) is 5.96. The minimum absolute atomic E-state index is 0.289. The average molecular weight is 325 g/mol. The molecule has 0 aliphatic heterocycles. The van der Waals surface area contributed by atoms with Crippen LogP contribution in [-0.2, 0) is 14.3 Å². The highest BCUT2D eigenvalue weighted by molar-refractivity contribution is 5.95. The number of methoxy groups -OCH3 is 2. The molecule has 0 aromatic heterocycles. The summed E-state index contributed by atoms with van der Waals surface area (Å²) in [6, 6.07) is 3.74. The summed E-state index contributed by atoms with van der Waals surface area (Å²) in [4.78, 5) is 23.8. The van der Waals surface area contributed by atoms with Crippen molar-refractivity contribution in [2.75, 3.05) is 14.2 Å². The van der Waals surface area contributed by atoms with E-state index < -0.39 is 29.5 Å². The molecule has 0 spiro atoms. The fourth-order valence-corrected chi connectivity index (χ4v) is 2.12. The smallest absolute Gasteiger partial charge is 0.322 e. The summed E-state index contributed by atoms with van der Waals surface area (Å²) in [5.41, 5.74) is 5.58. The number of hydrogen-bond donors (Lipinski definition) is 2. The maximum absolute atomic E-state index is 12.2. The Hall–Kier alpha value is -2.28. The summed E-state index contributed by atoms with van der Waals surface area (Å²) >= 11 is 0. The zero-order valence-corrected chi connectivity index (χ0v) is 14.0. The Morgan fingerprint density at radius 3 is 2.22 bits per heavy atom. The van der Waals surface area contributed by atoms with Gasteiger partial charge < -0.3 is 25.1 Å². The number of carboxylic acid groups (broad SMARTS) is 1. The molecular weight excluding hydrogens is 302 g/mol. The van der Waals surface area contributed by atoms with Crippen LogP contribution in [0.3, 0.4) is 0 Å². The number of aliphatic carboxylic acids is 1. The number of carbonyl (C=O) groups is 2. The number of carboxylic acids is 1. The summed E-state index contributed by atoms with van der Waals surface area (Å²) in [6.45, 7) is 4.96. The Labute approximate surface area is 135 Å². The van der Waals surface area contributed by atoms with Crippen molar-refractivity contribution < 1.29 is 28.9 Å². The number of nitrogens with two attached hydrogens (primary N) is 1. The third-order valence-electron chi connectivity index (χ3n) is 3.08. The molecule has 23 heavy (non-hydrogen) atoms. The van der Waals surface area contributed by atoms with Crippen LogP contribution in [0.4, 0.5) is 0 Å². The Kier molecular flexibility index (Phi) is 5.98. The zero-order valence-electron chi connectivity index (χ0n) is 14.0. The molecule has 0 radical (unpaired) electrons. The number of esters is 1. The van der Waals surface area contributed by atoms with Gasteiger partial charge in [-0.1, -0.05) is 12.1 Å². The molecule has 0 saturated carbocycles. The van der Waals surface area contributed by atoms with E-state index in [4.69, 9.17) is 19.9 Å². The van der Waals surface area contributed by atoms with Crippen LogP contribution in [0.2, 0.25) is 0 Å². The molecule has 128 valence electrons. The molecule has 7 nitrogen and oxygen atoms in total. The van der Waals surface area contributed by atoms with Gasteiger partial charge >= 0.3 is 11.9 Å². The first kappa shape index (κ1) is 18.8. The molecule has 0 bridgehead atoms. The minimum atomic E-state index is -1.56. The van der Waals surface area contributed by atoms with E-state index in [1.165, 1.54) is 14.2 Å². The molecule has 2 atom stereocenters. The van der Waals surface area contributed by atoms with Crippen molar-refractivity contribution >= 4 is 11.9 Å². The van der Waals surface area contributed by atoms with Crippen LogP contribution in [0.15, 0.2) is 18.2 Å². The van der Waals surface area contributed by atoms with Gasteiger partial charge in [0.1, 0.15) is 5.60 Å². The normalized spacial score (nSPS) is 13.8. The lowest BCUT2D eigenvalue weighted by molar-refractivity contribution is -0.167. The van der Waals surface area contributed by atoms with Crippen LogP contribution in [0.5, 0.6) is 11.5 Å². The van der Waals surface area contributed by atoms with Crippen LogP contribution < -0.4 is 15.2 Å². The number of rotatable bonds is 6. The third-order valence-corrected chi connectivity index (χ3v) is 3.08. The zero-order chi connectivity index (χ0) is 17.8. The van der Waals surface area contributed by atoms with Gasteiger partial charge in [0.15, 0.2) is 17.4 Å². The molecule has 1 unspecified atom stereocenters. The fourth-order valence-electron chi connectivity index (χ4n) is 2.12. The number of benzene rings is 1. The SMILES string of the molecule is COc1cccc(C(N)[C@H](C(=O)O)C(=O)OC(C)(C)C)c1OC. The molecule has 0 aliphatic carbocycles. The van der Waals surface area contributed by atoms with E-state index in [0.717, 1.165) is 0 Å². The first-order valence-corrected chi connectivity index (χ1v) is 7.04. The van der Waals surface area contributed by atoms with E-state index in [-0.39, 0.29) is 5.75 Å². The van der Waals surface area contributed by atoms with E-state index in [2.05, 4.69) is 0 Å². The number of para-hydroxylation sites is 1. The highest BCUT2D eigenvalue weighted by atomic mass is 16.6. The van der Waals surface area contributed by atoms with Gasteiger partial charge in [0.25, 0.3) is 0 Å². The molecular formula is C16H23NO6. The largest absolute Gasteiger partial charge is 0.493 e. The molecule has 0 aliphatic rings. The quantitative estimate of drug-likeness (QED) is 0.606. The van der Waals surface area contributed by atoms with Crippen LogP contribution in [0.1, 0.15) is 32.4 Å². The second kappa shape index (κ2) is 7.32. The van der Waals surface area contributed by atoms with Crippen LogP contribution in [0, 0.1) is 5.92 Å². The molecule has 3 N–H and O–H groups in total. The van der Waals surface area contributed by atoms with Gasteiger partial charge in [-0.25, -0.2) is 0 Å². The fraction of sp³-hybridized carbons (Fsp3) is 0.500. The Bertz CT molecular complexity index is 578. The molecule has 0 heterocycles. The molecule has 0 saturated heterocycles. The lowest BCUT2D eigenvalue weighted by Crippen LogP contribution is -2.39. The third kappa shape index (κ3) is 4.59. The maximum atomic E-state index is 12.2. The molecule has 7 heteroatoms. The maximum Gasteiger partial charge on any atom is 0.322 e. The van der Waals surface area contributed by atoms with Crippen molar-refractivity contribution in [1.82, 2.24) is 0 Å². The summed E-state index contributed by atoms with van der Waals surface area (Å²) in [7, 11) is 2.87. The van der Waals surface area contributed by atoms with Crippen molar-refractivity contribution in [2.45, 2.75) is 32.4 Å². The number of hydrogen-bond acceptors (Lipinski definition) is 6. The molecule has 0 fully saturated rings. The monoisotopic (exact) mass is 325 g/mol. The van der Waals surface area contributed by atoms with Gasteiger partial charge in [-0.3, -0.25) is 9.59 Å². The van der Waals surface area contributed by atoms with Crippen LogP contribution in [0.25, 0.3) is 0 Å². The van der Waals surface area contributed by atoms with Crippen molar-refractivity contribution in [3.05, 3.63) is 23.8 Å². The Morgan fingerprint density at radius 1 is 1.17 bits per heavy atom. The van der Waals surface area contributed by atoms with E-state index in [9.17, 15) is 14.7 Å². The Morgan fingerprint density at radius 2 is 1.78 bits per heavy atom. The first-order chi connectivity index (χ1) is 10.6. The number of carbonyl (C=O) groups excluding carboxylic acids is 1. The van der Waals surface area contributed by atoms with Gasteiger partial charge in [0, 0.05) is 5.56 Å². The predicted octanol–water partition coefficient (Wildman–Crippen LogP) is 1.75. The first-order valence-electron chi connectivity index (χ1n) is 7.04. The van der Waals surface area contributed by atoms with Crippen LogP contribution in [-0.4, -0.2) is 36.9 Å². The lowest BCUT2D eigenvalue weighted by Gasteiger charge is -2.26. The molecule has 1 aromatic rings. The molecule has 0 amide bonds. The van der Waals surface area contributed by atoms with Gasteiger partial charge in [0.2, 0.25) is 0 Å². The van der Waals surface area contributed by atoms with Gasteiger partial charge in [-0.2, -0.15) is 0 Å². The van der Waals surface area contributed by atoms with E-state index in [1.54, 1.807) is 39.0 Å². The standard InChI is InChI=1S/C16H23NO6/c1-16(2,3)23-15(20)11(14(18)19)12(17)9-7-6-8-10(21-4)13(9)22-5/h6-8,11-12H,17H2,1-5H3,(H,18,19)/t11-,12?/m1/s1. The van der Waals surface area contributed by atoms with Gasteiger partial charge in [0.05, 0.1) is 20.3 Å².